The second kappa shape index (κ2) is 7.07. The van der Waals surface area contributed by atoms with Crippen LogP contribution in [0.4, 0.5) is 0 Å². The lowest BCUT2D eigenvalue weighted by Gasteiger charge is -2.31. The van der Waals surface area contributed by atoms with Crippen molar-refractivity contribution >= 4 is 17.2 Å². The smallest absolute Gasteiger partial charge is 0.273 e. The van der Waals surface area contributed by atoms with E-state index in [0.717, 1.165) is 38.2 Å². The Labute approximate surface area is 146 Å². The number of nitrogens with zero attached hydrogens (tertiary/aromatic N) is 2. The minimum absolute atomic E-state index is 0.126. The third-order valence-electron chi connectivity index (χ3n) is 4.99. The van der Waals surface area contributed by atoms with Crippen molar-refractivity contribution in [3.05, 3.63) is 39.9 Å². The minimum atomic E-state index is -0.126. The first-order valence-electron chi connectivity index (χ1n) is 8.80. The van der Waals surface area contributed by atoms with E-state index < -0.39 is 0 Å². The molecule has 3 heterocycles. The molecule has 2 aliphatic rings. The van der Waals surface area contributed by atoms with Gasteiger partial charge in [-0.3, -0.25) is 4.79 Å². The van der Waals surface area contributed by atoms with Gasteiger partial charge in [0.25, 0.3) is 5.91 Å². The van der Waals surface area contributed by atoms with E-state index in [1.165, 1.54) is 17.7 Å². The Morgan fingerprint density at radius 3 is 2.83 bits per heavy atom. The average molecular weight is 345 g/mol. The molecule has 1 saturated carbocycles. The molecule has 0 atom stereocenters. The van der Waals surface area contributed by atoms with Gasteiger partial charge in [-0.05, 0) is 56.1 Å². The van der Waals surface area contributed by atoms with Gasteiger partial charge in [0.15, 0.2) is 5.69 Å². The number of rotatable bonds is 6. The van der Waals surface area contributed by atoms with Crippen LogP contribution >= 0.6 is 11.3 Å². The predicted molar refractivity (Wildman–Crippen MR) is 93.5 cm³/mol. The van der Waals surface area contributed by atoms with Crippen LogP contribution in [0, 0.1) is 0 Å². The summed E-state index contributed by atoms with van der Waals surface area (Å²) in [5.41, 5.74) is 0.410. The second-order valence-electron chi connectivity index (χ2n) is 6.78. The molecule has 2 fully saturated rings. The second-order valence-corrected chi connectivity index (χ2v) is 7.76. The van der Waals surface area contributed by atoms with Gasteiger partial charge in [-0.25, -0.2) is 0 Å². The lowest BCUT2D eigenvalue weighted by Crippen LogP contribution is -2.39. The maximum atomic E-state index is 12.1. The third-order valence-corrected chi connectivity index (χ3v) is 6.02. The van der Waals surface area contributed by atoms with E-state index >= 15 is 0 Å². The average Bonchev–Trinajstić information content (AvgIpc) is 3.12. The molecule has 2 aromatic heterocycles. The topological polar surface area (TPSA) is 58.4 Å². The fourth-order valence-corrected chi connectivity index (χ4v) is 4.24. The third kappa shape index (κ3) is 3.70. The highest BCUT2D eigenvalue weighted by molar-refractivity contribution is 7.10. The van der Waals surface area contributed by atoms with E-state index in [1.807, 2.05) is 11.3 Å². The number of piperidine rings is 1. The standard InChI is InChI=1S/C18H23N3O2S/c22-18(15-12-16(23-20-15)13-3-4-13)19-7-10-21-8-5-14(6-9-21)17-2-1-11-24-17/h1-2,11-14H,3-10H2,(H,19,22). The molecule has 1 amide bonds. The molecule has 4 rings (SSSR count). The Morgan fingerprint density at radius 2 is 2.12 bits per heavy atom. The molecule has 0 radical (unpaired) electrons. The van der Waals surface area contributed by atoms with Gasteiger partial charge in [0.05, 0.1) is 0 Å². The summed E-state index contributed by atoms with van der Waals surface area (Å²) in [6.45, 7) is 3.77. The summed E-state index contributed by atoms with van der Waals surface area (Å²) >= 11 is 1.87. The molecule has 6 heteroatoms. The van der Waals surface area contributed by atoms with Crippen LogP contribution in [-0.4, -0.2) is 42.1 Å². The molecule has 0 unspecified atom stereocenters. The molecule has 5 nitrogen and oxygen atoms in total. The van der Waals surface area contributed by atoms with E-state index in [2.05, 4.69) is 32.9 Å². The van der Waals surface area contributed by atoms with Crippen LogP contribution < -0.4 is 5.32 Å². The zero-order chi connectivity index (χ0) is 16.4. The Kier molecular flexibility index (Phi) is 4.67. The Bertz CT molecular complexity index is 670. The highest BCUT2D eigenvalue weighted by atomic mass is 32.1. The molecular formula is C18H23N3O2S. The molecule has 24 heavy (non-hydrogen) atoms. The quantitative estimate of drug-likeness (QED) is 0.873. The van der Waals surface area contributed by atoms with Crippen LogP contribution in [0.2, 0.25) is 0 Å². The van der Waals surface area contributed by atoms with E-state index in [4.69, 9.17) is 4.52 Å². The minimum Gasteiger partial charge on any atom is -0.360 e. The Morgan fingerprint density at radius 1 is 1.29 bits per heavy atom. The summed E-state index contributed by atoms with van der Waals surface area (Å²) in [6.07, 6.45) is 4.72. The molecule has 1 aliphatic heterocycles. The normalized spacial score (nSPS) is 19.5. The van der Waals surface area contributed by atoms with Crippen molar-refractivity contribution in [1.82, 2.24) is 15.4 Å². The molecule has 1 aliphatic carbocycles. The van der Waals surface area contributed by atoms with Crippen LogP contribution in [0.15, 0.2) is 28.1 Å². The van der Waals surface area contributed by atoms with Crippen molar-refractivity contribution in [2.24, 2.45) is 0 Å². The van der Waals surface area contributed by atoms with Crippen molar-refractivity contribution in [2.75, 3.05) is 26.2 Å². The number of likely N-dealkylation sites (tertiary alicyclic amines) is 1. The van der Waals surface area contributed by atoms with Gasteiger partial charge >= 0.3 is 0 Å². The van der Waals surface area contributed by atoms with Gasteiger partial charge in [-0.2, -0.15) is 0 Å². The van der Waals surface area contributed by atoms with Crippen molar-refractivity contribution < 1.29 is 9.32 Å². The lowest BCUT2D eigenvalue weighted by atomic mass is 9.95. The number of amides is 1. The van der Waals surface area contributed by atoms with Crippen molar-refractivity contribution in [3.63, 3.8) is 0 Å². The number of hydrogen-bond donors (Lipinski definition) is 1. The van der Waals surface area contributed by atoms with Gasteiger partial charge < -0.3 is 14.7 Å². The van der Waals surface area contributed by atoms with Crippen LogP contribution in [0.3, 0.4) is 0 Å². The molecule has 0 spiro atoms. The summed E-state index contributed by atoms with van der Waals surface area (Å²) in [5, 5.41) is 9.00. The van der Waals surface area contributed by atoms with Crippen LogP contribution in [-0.2, 0) is 0 Å². The maximum Gasteiger partial charge on any atom is 0.273 e. The number of hydrogen-bond acceptors (Lipinski definition) is 5. The van der Waals surface area contributed by atoms with Gasteiger partial charge in [0.1, 0.15) is 5.76 Å². The molecule has 128 valence electrons. The van der Waals surface area contributed by atoms with Crippen molar-refractivity contribution in [1.29, 1.82) is 0 Å². The molecule has 0 aromatic carbocycles. The number of carbonyl (C=O) groups is 1. The maximum absolute atomic E-state index is 12.1. The van der Waals surface area contributed by atoms with Crippen molar-refractivity contribution in [3.8, 4) is 0 Å². The monoisotopic (exact) mass is 345 g/mol. The Hall–Kier alpha value is -1.66. The largest absolute Gasteiger partial charge is 0.360 e. The predicted octanol–water partition coefficient (Wildman–Crippen LogP) is 3.22. The van der Waals surface area contributed by atoms with Crippen LogP contribution in [0.1, 0.15) is 58.6 Å². The molecule has 2 aromatic rings. The first-order chi connectivity index (χ1) is 11.8. The SMILES string of the molecule is O=C(NCCN1CCC(c2cccs2)CC1)c1cc(C2CC2)on1. The van der Waals surface area contributed by atoms with E-state index in [1.54, 1.807) is 6.07 Å². The first-order valence-corrected chi connectivity index (χ1v) is 9.68. The van der Waals surface area contributed by atoms with Gasteiger partial charge in [0, 0.05) is 30.0 Å². The first kappa shape index (κ1) is 15.8. The molecule has 0 bridgehead atoms. The van der Waals surface area contributed by atoms with Crippen LogP contribution in [0.25, 0.3) is 0 Å². The van der Waals surface area contributed by atoms with Crippen molar-refractivity contribution in [2.45, 2.75) is 37.5 Å². The zero-order valence-corrected chi connectivity index (χ0v) is 14.6. The molecular weight excluding hydrogens is 322 g/mol. The van der Waals surface area contributed by atoms with Gasteiger partial charge in [0.2, 0.25) is 0 Å². The van der Waals surface area contributed by atoms with E-state index in [0.29, 0.717) is 24.1 Å². The highest BCUT2D eigenvalue weighted by Gasteiger charge is 2.29. The lowest BCUT2D eigenvalue weighted by molar-refractivity contribution is 0.0936. The van der Waals surface area contributed by atoms with E-state index in [9.17, 15) is 4.79 Å². The van der Waals surface area contributed by atoms with E-state index in [-0.39, 0.29) is 5.91 Å². The van der Waals surface area contributed by atoms with Gasteiger partial charge in [-0.15, -0.1) is 11.3 Å². The fraction of sp³-hybridized carbons (Fsp3) is 0.556. The number of thiophene rings is 1. The Balaban J connectivity index is 1.18. The molecule has 1 saturated heterocycles. The number of nitrogens with one attached hydrogen (secondary N) is 1. The summed E-state index contributed by atoms with van der Waals surface area (Å²) < 4.78 is 5.23. The molecule has 1 N–H and O–H groups in total. The highest BCUT2D eigenvalue weighted by Crippen LogP contribution is 2.40. The summed E-state index contributed by atoms with van der Waals surface area (Å²) in [4.78, 5) is 16.0. The number of carbonyl (C=O) groups excluding carboxylic acids is 1. The number of aromatic nitrogens is 1. The van der Waals surface area contributed by atoms with Crippen LogP contribution in [0.5, 0.6) is 0 Å². The zero-order valence-electron chi connectivity index (χ0n) is 13.7. The summed E-state index contributed by atoms with van der Waals surface area (Å²) in [7, 11) is 0. The van der Waals surface area contributed by atoms with Gasteiger partial charge in [-0.1, -0.05) is 11.2 Å². The summed E-state index contributed by atoms with van der Waals surface area (Å²) in [5.74, 6) is 1.94. The summed E-state index contributed by atoms with van der Waals surface area (Å²) in [6, 6.07) is 6.18. The fourth-order valence-electron chi connectivity index (χ4n) is 3.34.